The van der Waals surface area contributed by atoms with E-state index in [4.69, 9.17) is 16.1 Å². The average Bonchev–Trinajstić information content (AvgIpc) is 2.80. The summed E-state index contributed by atoms with van der Waals surface area (Å²) < 4.78 is 5.37. The van der Waals surface area contributed by atoms with Crippen LogP contribution in [0.2, 0.25) is 5.02 Å². The molecule has 0 N–H and O–H groups in total. The molecule has 0 spiro atoms. The van der Waals surface area contributed by atoms with Crippen LogP contribution in [0.4, 0.5) is 0 Å². The van der Waals surface area contributed by atoms with Crippen LogP contribution in [0, 0.1) is 0 Å². The van der Waals surface area contributed by atoms with Crippen LogP contribution in [-0.2, 0) is 0 Å². The minimum Gasteiger partial charge on any atom is -0.355 e. The third-order valence-corrected chi connectivity index (χ3v) is 3.55. The lowest BCUT2D eigenvalue weighted by molar-refractivity contribution is 0.104. The summed E-state index contributed by atoms with van der Waals surface area (Å²) >= 11 is 6.12. The molecule has 0 amide bonds. The second-order valence-corrected chi connectivity index (χ2v) is 4.61. The van der Waals surface area contributed by atoms with Crippen LogP contribution in [0.3, 0.4) is 0 Å². The highest BCUT2D eigenvalue weighted by molar-refractivity contribution is 6.38. The Bertz CT molecular complexity index is 820. The molecule has 3 nitrogen and oxygen atoms in total. The molecule has 0 saturated carbocycles. The molecule has 1 aromatic heterocycles. The first-order chi connectivity index (χ1) is 8.77. The molecule has 0 bridgehead atoms. The van der Waals surface area contributed by atoms with E-state index < -0.39 is 0 Å². The number of rotatable bonds is 0. The zero-order valence-electron chi connectivity index (χ0n) is 9.11. The third kappa shape index (κ3) is 1.05. The number of hydrogen-bond acceptors (Lipinski definition) is 3. The van der Waals surface area contributed by atoms with Gasteiger partial charge in [0.25, 0.3) is 0 Å². The van der Waals surface area contributed by atoms with Crippen molar-refractivity contribution in [1.29, 1.82) is 0 Å². The van der Waals surface area contributed by atoms with Gasteiger partial charge in [-0.15, -0.1) is 0 Å². The minimum atomic E-state index is -0.0723. The van der Waals surface area contributed by atoms with Crippen molar-refractivity contribution in [3.63, 3.8) is 0 Å². The van der Waals surface area contributed by atoms with Gasteiger partial charge in [-0.2, -0.15) is 0 Å². The summed E-state index contributed by atoms with van der Waals surface area (Å²) in [7, 11) is 0. The zero-order chi connectivity index (χ0) is 12.3. The smallest absolute Gasteiger partial charge is 0.196 e. The molecule has 4 heteroatoms. The molecule has 18 heavy (non-hydrogen) atoms. The Labute approximate surface area is 107 Å². The summed E-state index contributed by atoms with van der Waals surface area (Å²) in [6.45, 7) is 0. The van der Waals surface area contributed by atoms with Crippen molar-refractivity contribution in [1.82, 2.24) is 5.16 Å². The molecule has 2 aromatic carbocycles. The number of nitrogens with zero attached hydrogens (tertiary/aromatic N) is 1. The number of hydrogen-bond donors (Lipinski definition) is 0. The number of halogens is 1. The Balaban J connectivity index is 2.27. The van der Waals surface area contributed by atoms with Gasteiger partial charge in [0.1, 0.15) is 5.52 Å². The van der Waals surface area contributed by atoms with Crippen molar-refractivity contribution >= 4 is 28.3 Å². The van der Waals surface area contributed by atoms with E-state index in [0.29, 0.717) is 33.0 Å². The van der Waals surface area contributed by atoms with Gasteiger partial charge in [0.2, 0.25) is 0 Å². The fraction of sp³-hybridized carbons (Fsp3) is 0. The summed E-state index contributed by atoms with van der Waals surface area (Å²) in [6.07, 6.45) is 0. The van der Waals surface area contributed by atoms with E-state index in [0.717, 1.165) is 5.39 Å². The van der Waals surface area contributed by atoms with E-state index in [1.54, 1.807) is 24.3 Å². The van der Waals surface area contributed by atoms with Gasteiger partial charge in [-0.3, -0.25) is 4.79 Å². The molecule has 0 unspecified atom stereocenters. The zero-order valence-corrected chi connectivity index (χ0v) is 9.86. The van der Waals surface area contributed by atoms with Gasteiger partial charge in [0, 0.05) is 11.1 Å². The SMILES string of the molecule is O=C1c2c(Cl)cccc2-c2onc3cccc1c23. The van der Waals surface area contributed by atoms with Crippen LogP contribution in [0.5, 0.6) is 0 Å². The van der Waals surface area contributed by atoms with Gasteiger partial charge in [-0.05, 0) is 12.1 Å². The molecule has 0 fully saturated rings. The van der Waals surface area contributed by atoms with E-state index in [1.807, 2.05) is 12.1 Å². The third-order valence-electron chi connectivity index (χ3n) is 3.23. The maximum absolute atomic E-state index is 12.5. The Morgan fingerprint density at radius 3 is 2.72 bits per heavy atom. The Kier molecular flexibility index (Phi) is 1.76. The molecule has 1 aliphatic carbocycles. The normalized spacial score (nSPS) is 12.8. The van der Waals surface area contributed by atoms with Gasteiger partial charge in [-0.1, -0.05) is 41.0 Å². The monoisotopic (exact) mass is 255 g/mol. The lowest BCUT2D eigenvalue weighted by Gasteiger charge is -2.14. The maximum atomic E-state index is 12.5. The molecule has 3 aromatic rings. The van der Waals surface area contributed by atoms with Crippen molar-refractivity contribution < 1.29 is 9.32 Å². The number of benzene rings is 2. The summed E-state index contributed by atoms with van der Waals surface area (Å²) in [6, 6.07) is 10.7. The van der Waals surface area contributed by atoms with Crippen molar-refractivity contribution in [3.8, 4) is 11.3 Å². The second-order valence-electron chi connectivity index (χ2n) is 4.20. The van der Waals surface area contributed by atoms with Gasteiger partial charge < -0.3 is 4.52 Å². The van der Waals surface area contributed by atoms with Gasteiger partial charge >= 0.3 is 0 Å². The van der Waals surface area contributed by atoms with E-state index in [9.17, 15) is 4.79 Å². The largest absolute Gasteiger partial charge is 0.355 e. The van der Waals surface area contributed by atoms with Crippen LogP contribution in [0.25, 0.3) is 22.2 Å². The van der Waals surface area contributed by atoms with Crippen LogP contribution < -0.4 is 0 Å². The molecule has 0 saturated heterocycles. The van der Waals surface area contributed by atoms with Crippen LogP contribution in [0.1, 0.15) is 15.9 Å². The lowest BCUT2D eigenvalue weighted by Crippen LogP contribution is -2.09. The molecule has 0 radical (unpaired) electrons. The first-order valence-electron chi connectivity index (χ1n) is 5.49. The fourth-order valence-electron chi connectivity index (χ4n) is 2.45. The highest BCUT2D eigenvalue weighted by Gasteiger charge is 2.30. The number of aromatic nitrogens is 1. The molecular formula is C14H6ClNO2. The second kappa shape index (κ2) is 3.21. The number of carbonyl (C=O) groups is 1. The first kappa shape index (κ1) is 9.85. The van der Waals surface area contributed by atoms with Crippen molar-refractivity contribution in [2.75, 3.05) is 0 Å². The van der Waals surface area contributed by atoms with Crippen LogP contribution in [-0.4, -0.2) is 10.9 Å². The molecule has 0 atom stereocenters. The van der Waals surface area contributed by atoms with E-state index in [2.05, 4.69) is 5.16 Å². The Morgan fingerprint density at radius 1 is 1.06 bits per heavy atom. The first-order valence-corrected chi connectivity index (χ1v) is 5.87. The van der Waals surface area contributed by atoms with Gasteiger partial charge in [0.15, 0.2) is 11.5 Å². The molecule has 86 valence electrons. The Hall–Kier alpha value is -2.13. The highest BCUT2D eigenvalue weighted by Crippen LogP contribution is 2.41. The van der Waals surface area contributed by atoms with Gasteiger partial charge in [0.05, 0.1) is 16.0 Å². The molecule has 1 heterocycles. The lowest BCUT2D eigenvalue weighted by atomic mass is 9.88. The molecule has 0 aliphatic heterocycles. The number of carbonyl (C=O) groups excluding carboxylic acids is 1. The minimum absolute atomic E-state index is 0.0723. The highest BCUT2D eigenvalue weighted by atomic mass is 35.5. The summed E-state index contributed by atoms with van der Waals surface area (Å²) in [5.74, 6) is 0.551. The molecule has 1 aliphatic rings. The summed E-state index contributed by atoms with van der Waals surface area (Å²) in [5.41, 5.74) is 2.51. The van der Waals surface area contributed by atoms with E-state index in [-0.39, 0.29) is 5.78 Å². The van der Waals surface area contributed by atoms with Crippen LogP contribution in [0.15, 0.2) is 40.9 Å². The van der Waals surface area contributed by atoms with Crippen molar-refractivity contribution in [2.45, 2.75) is 0 Å². The molecular weight excluding hydrogens is 250 g/mol. The Morgan fingerprint density at radius 2 is 1.83 bits per heavy atom. The number of fused-ring (bicyclic) bond motifs is 2. The summed E-state index contributed by atoms with van der Waals surface area (Å²) in [5, 5.41) is 5.20. The van der Waals surface area contributed by atoms with E-state index in [1.165, 1.54) is 0 Å². The predicted molar refractivity (Wildman–Crippen MR) is 67.9 cm³/mol. The molecule has 4 rings (SSSR count). The van der Waals surface area contributed by atoms with Crippen molar-refractivity contribution in [2.24, 2.45) is 0 Å². The van der Waals surface area contributed by atoms with Crippen molar-refractivity contribution in [3.05, 3.63) is 52.5 Å². The van der Waals surface area contributed by atoms with Crippen LogP contribution >= 0.6 is 11.6 Å². The maximum Gasteiger partial charge on any atom is 0.196 e. The topological polar surface area (TPSA) is 43.1 Å². The van der Waals surface area contributed by atoms with E-state index >= 15 is 0 Å². The fourth-order valence-corrected chi connectivity index (χ4v) is 2.71. The quantitative estimate of drug-likeness (QED) is 0.481. The standard InChI is InChI=1S/C14H6ClNO2/c15-9-5-1-4-8-11(9)13(17)7-3-2-6-10-12(7)14(8)18-16-10/h1-6H. The number of ketones is 1. The van der Waals surface area contributed by atoms with Gasteiger partial charge in [-0.25, -0.2) is 0 Å². The average molecular weight is 256 g/mol. The predicted octanol–water partition coefficient (Wildman–Crippen LogP) is 3.69. The summed E-state index contributed by atoms with van der Waals surface area (Å²) in [4.78, 5) is 12.5.